The normalized spacial score (nSPS) is 22.0. The van der Waals surface area contributed by atoms with Crippen molar-refractivity contribution in [1.82, 2.24) is 10.3 Å². The first kappa shape index (κ1) is 16.5. The summed E-state index contributed by atoms with van der Waals surface area (Å²) in [7, 11) is 0. The topological polar surface area (TPSA) is 82.1 Å². The van der Waals surface area contributed by atoms with E-state index in [9.17, 15) is 14.4 Å². The van der Waals surface area contributed by atoms with Crippen LogP contribution in [0.3, 0.4) is 0 Å². The van der Waals surface area contributed by atoms with E-state index in [1.54, 1.807) is 4.90 Å². The van der Waals surface area contributed by atoms with Crippen LogP contribution in [0.1, 0.15) is 31.9 Å². The molecule has 0 aliphatic carbocycles. The molecule has 1 aromatic carbocycles. The Morgan fingerprint density at radius 2 is 2.04 bits per heavy atom. The van der Waals surface area contributed by atoms with E-state index < -0.39 is 4.87 Å². The predicted octanol–water partition coefficient (Wildman–Crippen LogP) is 1.52. The molecule has 0 aromatic heterocycles. The fraction of sp³-hybridized carbons (Fsp3) is 0.375. The summed E-state index contributed by atoms with van der Waals surface area (Å²) < 4.78 is 0. The van der Waals surface area contributed by atoms with Crippen LogP contribution in [-0.2, 0) is 19.3 Å². The van der Waals surface area contributed by atoms with Gasteiger partial charge in [-0.2, -0.15) is 5.01 Å². The van der Waals surface area contributed by atoms with E-state index in [2.05, 4.69) is 10.4 Å². The largest absolute Gasteiger partial charge is 0.309 e. The van der Waals surface area contributed by atoms with Gasteiger partial charge >= 0.3 is 0 Å². The van der Waals surface area contributed by atoms with Crippen molar-refractivity contribution in [2.24, 2.45) is 5.10 Å². The maximum absolute atomic E-state index is 13.2. The Bertz CT molecular complexity index is 792. The number of nitrogens with zero attached hydrogens (tertiary/aromatic N) is 3. The van der Waals surface area contributed by atoms with Gasteiger partial charge in [0.1, 0.15) is 0 Å². The molecular formula is C16H18N4O3S. The molecule has 1 spiro atoms. The third-order valence-electron chi connectivity index (χ3n) is 3.97. The van der Waals surface area contributed by atoms with E-state index >= 15 is 0 Å². The third-order valence-corrected chi connectivity index (χ3v) is 5.21. The number of nitrogens with one attached hydrogen (secondary N) is 1. The molecule has 1 N–H and O–H groups in total. The molecule has 0 saturated heterocycles. The predicted molar refractivity (Wildman–Crippen MR) is 92.2 cm³/mol. The smallest absolute Gasteiger partial charge is 0.270 e. The number of thioether (sulfide) groups is 1. The van der Waals surface area contributed by atoms with Crippen molar-refractivity contribution >= 4 is 40.3 Å². The zero-order valence-electron chi connectivity index (χ0n) is 13.9. The monoisotopic (exact) mass is 346 g/mol. The lowest BCUT2D eigenvalue weighted by molar-refractivity contribution is -0.139. The molecule has 126 valence electrons. The lowest BCUT2D eigenvalue weighted by Crippen LogP contribution is -2.48. The van der Waals surface area contributed by atoms with Gasteiger partial charge < -0.3 is 10.2 Å². The number of hydrogen-bond donors (Lipinski definition) is 1. The number of carbonyl (C=O) groups excluding carboxylic acids is 3. The third kappa shape index (κ3) is 2.21. The van der Waals surface area contributed by atoms with Crippen molar-refractivity contribution < 1.29 is 14.4 Å². The highest BCUT2D eigenvalue weighted by molar-refractivity contribution is 8.15. The number of hydrazone groups is 1. The Kier molecular flexibility index (Phi) is 3.87. The second-order valence-corrected chi connectivity index (χ2v) is 6.91. The molecule has 24 heavy (non-hydrogen) atoms. The Balaban J connectivity index is 2.19. The molecule has 0 saturated carbocycles. The number of benzene rings is 1. The molecule has 3 amide bonds. The van der Waals surface area contributed by atoms with E-state index in [4.69, 9.17) is 0 Å². The Labute approximate surface area is 144 Å². The van der Waals surface area contributed by atoms with E-state index in [0.29, 0.717) is 6.54 Å². The van der Waals surface area contributed by atoms with Gasteiger partial charge in [0.2, 0.25) is 16.7 Å². The first-order valence-electron chi connectivity index (χ1n) is 7.60. The first-order chi connectivity index (χ1) is 11.3. The van der Waals surface area contributed by atoms with Crippen molar-refractivity contribution in [3.05, 3.63) is 29.3 Å². The quantitative estimate of drug-likeness (QED) is 0.836. The molecule has 1 atom stereocenters. The minimum Gasteiger partial charge on any atom is -0.309 e. The molecule has 0 bridgehead atoms. The molecule has 2 heterocycles. The molecule has 2 aliphatic rings. The molecule has 7 nitrogen and oxygen atoms in total. The maximum Gasteiger partial charge on any atom is 0.270 e. The lowest BCUT2D eigenvalue weighted by atomic mass is 10.0. The maximum atomic E-state index is 13.2. The Morgan fingerprint density at radius 1 is 1.33 bits per heavy atom. The van der Waals surface area contributed by atoms with Crippen LogP contribution in [0.25, 0.3) is 0 Å². The van der Waals surface area contributed by atoms with Crippen LogP contribution in [0.5, 0.6) is 0 Å². The number of hydrogen-bond acceptors (Lipinski definition) is 5. The lowest BCUT2D eigenvalue weighted by Gasteiger charge is -2.29. The van der Waals surface area contributed by atoms with Crippen molar-refractivity contribution in [3.8, 4) is 0 Å². The highest BCUT2D eigenvalue weighted by Crippen LogP contribution is 2.54. The summed E-state index contributed by atoms with van der Waals surface area (Å²) in [4.78, 5) is 37.1. The summed E-state index contributed by atoms with van der Waals surface area (Å²) in [5, 5.41) is 8.21. The number of amides is 3. The fourth-order valence-corrected chi connectivity index (χ4v) is 4.36. The van der Waals surface area contributed by atoms with Crippen molar-refractivity contribution in [1.29, 1.82) is 0 Å². The van der Waals surface area contributed by atoms with Crippen molar-refractivity contribution in [2.75, 3.05) is 11.4 Å². The summed E-state index contributed by atoms with van der Waals surface area (Å²) >= 11 is 1.10. The highest BCUT2D eigenvalue weighted by Gasteiger charge is 2.60. The Hall–Kier alpha value is -2.35. The van der Waals surface area contributed by atoms with Gasteiger partial charge in [0, 0.05) is 26.0 Å². The summed E-state index contributed by atoms with van der Waals surface area (Å²) in [5.74, 6) is -0.888. The average molecular weight is 346 g/mol. The highest BCUT2D eigenvalue weighted by atomic mass is 32.2. The van der Waals surface area contributed by atoms with Crippen LogP contribution >= 0.6 is 11.8 Å². The number of aryl methyl sites for hydroxylation is 1. The Morgan fingerprint density at radius 3 is 2.62 bits per heavy atom. The average Bonchev–Trinajstić information content (AvgIpc) is 2.98. The van der Waals surface area contributed by atoms with Crippen LogP contribution in [0, 0.1) is 6.92 Å². The summed E-state index contributed by atoms with van der Waals surface area (Å²) in [5.41, 5.74) is 2.47. The van der Waals surface area contributed by atoms with Crippen molar-refractivity contribution in [2.45, 2.75) is 32.6 Å². The number of amidine groups is 1. The molecule has 8 heteroatoms. The van der Waals surface area contributed by atoms with Gasteiger partial charge in [0.15, 0.2) is 5.17 Å². The first-order valence-corrected chi connectivity index (χ1v) is 8.42. The number of rotatable bonds is 1. The zero-order valence-corrected chi connectivity index (χ0v) is 14.7. The number of carbonyl (C=O) groups is 3. The van der Waals surface area contributed by atoms with Gasteiger partial charge in [-0.3, -0.25) is 14.4 Å². The zero-order chi connectivity index (χ0) is 17.6. The number of likely N-dealkylation sites (N-methyl/N-ethyl adjacent to an activating group) is 1. The number of anilines is 1. The fourth-order valence-electron chi connectivity index (χ4n) is 3.04. The standard InChI is InChI=1S/C16H18N4O3S/c1-5-19-13-7-6-9(2)8-12(13)16(14(19)23)20(11(4)22)18-15(24-16)17-10(3)21/h6-8H,5H2,1-4H3,(H,17,18,21)/t16-/m0/s1. The van der Waals surface area contributed by atoms with E-state index in [-0.39, 0.29) is 22.9 Å². The minimum atomic E-state index is -1.29. The van der Waals surface area contributed by atoms with E-state index in [1.807, 2.05) is 32.0 Å². The van der Waals surface area contributed by atoms with Gasteiger partial charge in [-0.15, -0.1) is 5.10 Å². The van der Waals surface area contributed by atoms with Gasteiger partial charge in [-0.25, -0.2) is 0 Å². The summed E-state index contributed by atoms with van der Waals surface area (Å²) in [6.45, 7) is 7.02. The minimum absolute atomic E-state index is 0.227. The van der Waals surface area contributed by atoms with Crippen LogP contribution in [0.4, 0.5) is 5.69 Å². The van der Waals surface area contributed by atoms with Gasteiger partial charge in [-0.1, -0.05) is 17.7 Å². The molecule has 0 radical (unpaired) electrons. The molecule has 1 aromatic rings. The van der Waals surface area contributed by atoms with Crippen LogP contribution in [-0.4, -0.2) is 34.4 Å². The SMILES string of the molecule is CCN1C(=O)[C@@]2(SC(NC(C)=O)=NN2C(C)=O)c2cc(C)ccc21. The van der Waals surface area contributed by atoms with Crippen molar-refractivity contribution in [3.63, 3.8) is 0 Å². The summed E-state index contributed by atoms with van der Waals surface area (Å²) in [6.07, 6.45) is 0. The van der Waals surface area contributed by atoms with E-state index in [1.165, 1.54) is 18.9 Å². The van der Waals surface area contributed by atoms with Gasteiger partial charge in [-0.05, 0) is 31.7 Å². The molecular weight excluding hydrogens is 328 g/mol. The molecule has 2 aliphatic heterocycles. The molecule has 0 unspecified atom stereocenters. The van der Waals surface area contributed by atoms with Crippen LogP contribution in [0.2, 0.25) is 0 Å². The van der Waals surface area contributed by atoms with Gasteiger partial charge in [0.05, 0.1) is 5.69 Å². The molecule has 0 fully saturated rings. The molecule has 3 rings (SSSR count). The number of fused-ring (bicyclic) bond motifs is 2. The second-order valence-electron chi connectivity index (χ2n) is 5.73. The van der Waals surface area contributed by atoms with Gasteiger partial charge in [0.25, 0.3) is 5.91 Å². The van der Waals surface area contributed by atoms with E-state index in [0.717, 1.165) is 28.6 Å². The van der Waals surface area contributed by atoms with Crippen LogP contribution in [0.15, 0.2) is 23.3 Å². The summed E-state index contributed by atoms with van der Waals surface area (Å²) in [6, 6.07) is 5.72. The van der Waals surface area contributed by atoms with Crippen LogP contribution < -0.4 is 10.2 Å². The second kappa shape index (κ2) is 5.62.